The summed E-state index contributed by atoms with van der Waals surface area (Å²) in [5, 5.41) is 21.5. The van der Waals surface area contributed by atoms with Crippen molar-refractivity contribution in [1.29, 1.82) is 0 Å². The van der Waals surface area contributed by atoms with E-state index in [0.717, 1.165) is 32.1 Å². The second kappa shape index (κ2) is 13.0. The Bertz CT molecular complexity index is 440. The van der Waals surface area contributed by atoms with Crippen molar-refractivity contribution in [1.82, 2.24) is 0 Å². The Labute approximate surface area is 159 Å². The van der Waals surface area contributed by atoms with Gasteiger partial charge in [-0.25, -0.2) is 0 Å². The molecule has 0 rings (SSSR count). The quantitative estimate of drug-likeness (QED) is 0.258. The van der Waals surface area contributed by atoms with Gasteiger partial charge in [0.15, 0.2) is 11.4 Å². The van der Waals surface area contributed by atoms with E-state index in [1.54, 1.807) is 0 Å². The zero-order valence-corrected chi connectivity index (χ0v) is 17.3. The Morgan fingerprint density at radius 3 is 2.04 bits per heavy atom. The Hall–Kier alpha value is -1.20. The van der Waals surface area contributed by atoms with Crippen LogP contribution in [0, 0.1) is 0 Å². The number of aliphatic carboxylic acids is 1. The van der Waals surface area contributed by atoms with Crippen molar-refractivity contribution in [3.63, 3.8) is 0 Å². The number of carbonyl (C=O) groups is 2. The monoisotopic (exact) mass is 369 g/mol. The molecule has 0 aliphatic heterocycles. The van der Waals surface area contributed by atoms with Gasteiger partial charge >= 0.3 is 0 Å². The van der Waals surface area contributed by atoms with Crippen LogP contribution in [0.4, 0.5) is 0 Å². The fourth-order valence-corrected chi connectivity index (χ4v) is 3.13. The summed E-state index contributed by atoms with van der Waals surface area (Å²) in [7, 11) is 5.47. The smallest absolute Gasteiger partial charge is 0.177 e. The number of hydrogen-bond acceptors (Lipinski definition) is 4. The second-order valence-electron chi connectivity index (χ2n) is 8.37. The summed E-state index contributed by atoms with van der Waals surface area (Å²) >= 11 is 0. The first-order chi connectivity index (χ1) is 12.1. The Morgan fingerprint density at radius 1 is 0.962 bits per heavy atom. The lowest BCUT2D eigenvalue weighted by Crippen LogP contribution is -2.56. The van der Waals surface area contributed by atoms with Crippen LogP contribution in [0.15, 0.2) is 12.2 Å². The fourth-order valence-electron chi connectivity index (χ4n) is 3.13. The Balaban J connectivity index is 4.06. The molecular formula is C21H39NO4. The van der Waals surface area contributed by atoms with Crippen LogP contribution < -0.4 is 5.11 Å². The van der Waals surface area contributed by atoms with Gasteiger partial charge in [-0.15, -0.1) is 0 Å². The molecule has 1 atom stereocenters. The fraction of sp³-hybridized carbons (Fsp3) is 0.810. The minimum Gasteiger partial charge on any atom is -0.550 e. The van der Waals surface area contributed by atoms with E-state index in [9.17, 15) is 19.8 Å². The summed E-state index contributed by atoms with van der Waals surface area (Å²) in [6.07, 6.45) is 13.8. The van der Waals surface area contributed by atoms with E-state index >= 15 is 0 Å². The van der Waals surface area contributed by atoms with Gasteiger partial charge in [-0.2, -0.15) is 0 Å². The Morgan fingerprint density at radius 2 is 1.50 bits per heavy atom. The van der Waals surface area contributed by atoms with E-state index in [2.05, 4.69) is 19.1 Å². The topological polar surface area (TPSA) is 77.4 Å². The summed E-state index contributed by atoms with van der Waals surface area (Å²) < 4.78 is 0.321. The molecule has 5 nitrogen and oxygen atoms in total. The average Bonchev–Trinajstić information content (AvgIpc) is 2.49. The molecular weight excluding hydrogens is 330 g/mol. The normalized spacial score (nSPS) is 14.5. The third-order valence-electron chi connectivity index (χ3n) is 4.36. The number of quaternary nitrogens is 1. The molecule has 0 saturated heterocycles. The molecule has 5 heteroatoms. The van der Waals surface area contributed by atoms with Crippen LogP contribution in [0.1, 0.15) is 77.6 Å². The van der Waals surface area contributed by atoms with Crippen molar-refractivity contribution >= 4 is 11.8 Å². The van der Waals surface area contributed by atoms with Crippen LogP contribution >= 0.6 is 0 Å². The molecule has 0 fully saturated rings. The van der Waals surface area contributed by atoms with E-state index in [0.29, 0.717) is 10.9 Å². The molecule has 0 heterocycles. The zero-order chi connectivity index (χ0) is 20.1. The summed E-state index contributed by atoms with van der Waals surface area (Å²) in [4.78, 5) is 23.3. The molecule has 0 aromatic heterocycles. The SMILES string of the molecule is CCCC/C=C\CCCCCCCC(=O)C(O)(CC(=O)[O-])C[N+](C)(C)C. The average molecular weight is 370 g/mol. The lowest BCUT2D eigenvalue weighted by atomic mass is 9.89. The maximum Gasteiger partial charge on any atom is 0.177 e. The van der Waals surface area contributed by atoms with Gasteiger partial charge in [-0.05, 0) is 25.7 Å². The number of Topliss-reactive ketones (excluding diaryl/α,β-unsaturated/α-hetero) is 1. The molecule has 0 aliphatic rings. The molecule has 26 heavy (non-hydrogen) atoms. The molecule has 0 spiro atoms. The maximum absolute atomic E-state index is 12.4. The molecule has 0 bridgehead atoms. The highest BCUT2D eigenvalue weighted by atomic mass is 16.4. The van der Waals surface area contributed by atoms with Gasteiger partial charge in [-0.1, -0.05) is 51.2 Å². The second-order valence-corrected chi connectivity index (χ2v) is 8.37. The van der Waals surface area contributed by atoms with Gasteiger partial charge in [0.2, 0.25) is 0 Å². The number of likely N-dealkylation sites (N-methyl/N-ethyl adjacent to an activating group) is 1. The van der Waals surface area contributed by atoms with E-state index < -0.39 is 18.0 Å². The Kier molecular flexibility index (Phi) is 12.4. The highest BCUT2D eigenvalue weighted by Crippen LogP contribution is 2.19. The van der Waals surface area contributed by atoms with Gasteiger partial charge in [-0.3, -0.25) is 4.79 Å². The number of nitrogens with zero attached hydrogens (tertiary/aromatic N) is 1. The number of rotatable bonds is 16. The van der Waals surface area contributed by atoms with E-state index in [1.807, 2.05) is 21.1 Å². The number of carbonyl (C=O) groups excluding carboxylic acids is 2. The molecule has 0 aliphatic carbocycles. The summed E-state index contributed by atoms with van der Waals surface area (Å²) in [5.74, 6) is -1.77. The van der Waals surface area contributed by atoms with Crippen molar-refractivity contribution in [2.75, 3.05) is 27.7 Å². The lowest BCUT2D eigenvalue weighted by Gasteiger charge is -2.34. The summed E-state index contributed by atoms with van der Waals surface area (Å²) in [6.45, 7) is 2.27. The molecule has 0 saturated carbocycles. The number of unbranched alkanes of at least 4 members (excludes halogenated alkanes) is 7. The van der Waals surface area contributed by atoms with Crippen LogP contribution in [0.25, 0.3) is 0 Å². The van der Waals surface area contributed by atoms with Crippen molar-refractivity contribution in [3.05, 3.63) is 12.2 Å². The van der Waals surface area contributed by atoms with Crippen molar-refractivity contribution < 1.29 is 24.3 Å². The number of hydrogen-bond donors (Lipinski definition) is 1. The number of carboxylic acids is 1. The van der Waals surface area contributed by atoms with Gasteiger partial charge in [0, 0.05) is 18.8 Å². The number of allylic oxidation sites excluding steroid dienone is 2. The molecule has 1 N–H and O–H groups in total. The van der Waals surface area contributed by atoms with Crippen molar-refractivity contribution in [2.24, 2.45) is 0 Å². The minimum atomic E-state index is -1.83. The summed E-state index contributed by atoms with van der Waals surface area (Å²) in [6, 6.07) is 0. The van der Waals surface area contributed by atoms with Gasteiger partial charge in [0.1, 0.15) is 6.54 Å². The molecule has 0 radical (unpaired) electrons. The first-order valence-electron chi connectivity index (χ1n) is 10.0. The van der Waals surface area contributed by atoms with Crippen LogP contribution in [0.5, 0.6) is 0 Å². The van der Waals surface area contributed by atoms with Crippen LogP contribution in [0.2, 0.25) is 0 Å². The molecule has 0 amide bonds. The van der Waals surface area contributed by atoms with Crippen molar-refractivity contribution in [3.8, 4) is 0 Å². The molecule has 0 aromatic carbocycles. The third kappa shape index (κ3) is 13.1. The predicted molar refractivity (Wildman–Crippen MR) is 103 cm³/mol. The van der Waals surface area contributed by atoms with E-state index in [1.165, 1.54) is 19.3 Å². The summed E-state index contributed by atoms with van der Waals surface area (Å²) in [5.41, 5.74) is -1.83. The molecule has 0 aromatic rings. The minimum absolute atomic E-state index is 0.0736. The van der Waals surface area contributed by atoms with Crippen molar-refractivity contribution in [2.45, 2.75) is 83.2 Å². The van der Waals surface area contributed by atoms with Gasteiger partial charge in [0.25, 0.3) is 0 Å². The van der Waals surface area contributed by atoms with Crippen LogP contribution in [-0.4, -0.2) is 54.6 Å². The van der Waals surface area contributed by atoms with E-state index in [-0.39, 0.29) is 18.7 Å². The van der Waals surface area contributed by atoms with Gasteiger partial charge < -0.3 is 19.5 Å². The molecule has 1 unspecified atom stereocenters. The number of ketones is 1. The third-order valence-corrected chi connectivity index (χ3v) is 4.36. The van der Waals surface area contributed by atoms with Crippen LogP contribution in [-0.2, 0) is 9.59 Å². The van der Waals surface area contributed by atoms with Gasteiger partial charge in [0.05, 0.1) is 21.1 Å². The number of carboxylic acid groups (broad SMARTS) is 1. The molecule has 152 valence electrons. The lowest BCUT2D eigenvalue weighted by molar-refractivity contribution is -0.875. The first-order valence-corrected chi connectivity index (χ1v) is 10.0. The maximum atomic E-state index is 12.4. The highest BCUT2D eigenvalue weighted by molar-refractivity contribution is 5.90. The first kappa shape index (κ1) is 24.8. The largest absolute Gasteiger partial charge is 0.550 e. The predicted octanol–water partition coefficient (Wildman–Crippen LogP) is 2.61. The highest BCUT2D eigenvalue weighted by Gasteiger charge is 2.40. The standard InChI is InChI=1S/C21H39NO4/c1-5-6-7-8-9-10-11-12-13-14-15-16-19(23)21(26,17-20(24)25)18-22(2,3)4/h8-9,26H,5-7,10-18H2,1-4H3/b9-8-. The van der Waals surface area contributed by atoms with E-state index in [4.69, 9.17) is 0 Å². The van der Waals surface area contributed by atoms with Crippen LogP contribution in [0.3, 0.4) is 0 Å². The zero-order valence-electron chi connectivity index (χ0n) is 17.3. The number of aliphatic hydroxyl groups is 1.